The lowest BCUT2D eigenvalue weighted by Crippen LogP contribution is -2.27. The summed E-state index contributed by atoms with van der Waals surface area (Å²) in [5.41, 5.74) is 5.68. The number of hydrogen-bond acceptors (Lipinski definition) is 1. The first kappa shape index (κ1) is 10.8. The molecule has 3 N–H and O–H groups in total. The summed E-state index contributed by atoms with van der Waals surface area (Å²) in [4.78, 5) is 10.4. The quantitative estimate of drug-likeness (QED) is 0.620. The molecule has 0 aromatic heterocycles. The summed E-state index contributed by atoms with van der Waals surface area (Å²) in [6, 6.07) is -0.531. The minimum absolute atomic E-state index is 0.467. The molecule has 0 atom stereocenters. The molecule has 0 aromatic rings. The van der Waals surface area contributed by atoms with Crippen LogP contribution < -0.4 is 11.1 Å². The average Bonchev–Trinajstić information content (AvgIpc) is 1.97. The van der Waals surface area contributed by atoms with E-state index in [1.54, 1.807) is 6.08 Å². The summed E-state index contributed by atoms with van der Waals surface area (Å²) in [5.74, 6) is 0.467. The van der Waals surface area contributed by atoms with Gasteiger partial charge >= 0.3 is 6.03 Å². The van der Waals surface area contributed by atoms with Gasteiger partial charge in [0.05, 0.1) is 0 Å². The Balaban J connectivity index is 4.11. The summed E-state index contributed by atoms with van der Waals surface area (Å²) >= 11 is 0. The van der Waals surface area contributed by atoms with Gasteiger partial charge in [0.15, 0.2) is 0 Å². The molecule has 0 spiro atoms. The minimum atomic E-state index is -0.531. The average molecular weight is 168 g/mol. The van der Waals surface area contributed by atoms with E-state index in [2.05, 4.69) is 19.2 Å². The van der Waals surface area contributed by atoms with Crippen molar-refractivity contribution in [3.63, 3.8) is 0 Å². The van der Waals surface area contributed by atoms with Gasteiger partial charge in [0.2, 0.25) is 0 Å². The second-order valence-corrected chi connectivity index (χ2v) is 2.84. The molecule has 0 bridgehead atoms. The predicted molar refractivity (Wildman–Crippen MR) is 50.5 cm³/mol. The summed E-state index contributed by atoms with van der Waals surface area (Å²) in [6.07, 6.45) is 5.63. The van der Waals surface area contributed by atoms with E-state index >= 15 is 0 Å². The number of nitrogens with two attached hydrogens (primary N) is 1. The van der Waals surface area contributed by atoms with Crippen LogP contribution in [0.2, 0.25) is 0 Å². The smallest absolute Gasteiger partial charge is 0.316 e. The number of nitrogens with one attached hydrogen (secondary N) is 1. The number of primary amides is 1. The van der Waals surface area contributed by atoms with Crippen LogP contribution in [-0.4, -0.2) is 6.03 Å². The maximum absolute atomic E-state index is 10.4. The highest BCUT2D eigenvalue weighted by molar-refractivity contribution is 5.74. The van der Waals surface area contributed by atoms with Gasteiger partial charge in [0.1, 0.15) is 0 Å². The van der Waals surface area contributed by atoms with Crippen LogP contribution >= 0.6 is 0 Å². The standard InChI is InChI=1S/C9H16N2O/c1-4-8(11-9(10)12)6-5-7(2)3/h4-7H,1-3H3,(H3,10,11,12)/b6-5-,8-4+. The summed E-state index contributed by atoms with van der Waals surface area (Å²) in [6.45, 7) is 5.97. The fourth-order valence-corrected chi connectivity index (χ4v) is 0.648. The van der Waals surface area contributed by atoms with Crippen molar-refractivity contribution in [1.29, 1.82) is 0 Å². The highest BCUT2D eigenvalue weighted by Crippen LogP contribution is 1.98. The molecule has 0 unspecified atom stereocenters. The summed E-state index contributed by atoms with van der Waals surface area (Å²) in [7, 11) is 0. The van der Waals surface area contributed by atoms with Crippen LogP contribution in [-0.2, 0) is 0 Å². The van der Waals surface area contributed by atoms with Gasteiger partial charge in [0, 0.05) is 5.70 Å². The highest BCUT2D eigenvalue weighted by Gasteiger charge is 1.93. The molecular formula is C9H16N2O. The van der Waals surface area contributed by atoms with Crippen LogP contribution in [0.5, 0.6) is 0 Å². The summed E-state index contributed by atoms with van der Waals surface area (Å²) in [5, 5.41) is 2.50. The van der Waals surface area contributed by atoms with Crippen LogP contribution in [0.25, 0.3) is 0 Å². The third kappa shape index (κ3) is 5.53. The van der Waals surface area contributed by atoms with Gasteiger partial charge in [-0.2, -0.15) is 0 Å². The molecule has 0 aliphatic heterocycles. The lowest BCUT2D eigenvalue weighted by Gasteiger charge is -2.01. The Morgan fingerprint density at radius 3 is 2.42 bits per heavy atom. The zero-order valence-corrected chi connectivity index (χ0v) is 7.79. The number of amides is 2. The SMILES string of the molecule is C/C=C(\C=C/C(C)C)NC(N)=O. The Bertz CT molecular complexity index is 205. The van der Waals surface area contributed by atoms with Crippen molar-refractivity contribution in [2.24, 2.45) is 11.7 Å². The second-order valence-electron chi connectivity index (χ2n) is 2.84. The monoisotopic (exact) mass is 168 g/mol. The van der Waals surface area contributed by atoms with Gasteiger partial charge < -0.3 is 11.1 Å². The van der Waals surface area contributed by atoms with Crippen molar-refractivity contribution in [2.75, 3.05) is 0 Å². The molecule has 0 rings (SSSR count). The zero-order valence-electron chi connectivity index (χ0n) is 7.79. The van der Waals surface area contributed by atoms with Crippen molar-refractivity contribution < 1.29 is 4.79 Å². The number of allylic oxidation sites excluding steroid dienone is 3. The molecule has 3 nitrogen and oxygen atoms in total. The molecule has 0 fully saturated rings. The van der Waals surface area contributed by atoms with Crippen molar-refractivity contribution in [3.05, 3.63) is 23.9 Å². The normalized spacial score (nSPS) is 12.5. The van der Waals surface area contributed by atoms with Gasteiger partial charge in [-0.3, -0.25) is 0 Å². The lowest BCUT2D eigenvalue weighted by molar-refractivity contribution is 0.251. The van der Waals surface area contributed by atoms with Gasteiger partial charge in [-0.25, -0.2) is 4.79 Å². The highest BCUT2D eigenvalue weighted by atomic mass is 16.2. The zero-order chi connectivity index (χ0) is 9.56. The maximum Gasteiger partial charge on any atom is 0.316 e. The van der Waals surface area contributed by atoms with Crippen LogP contribution in [0.4, 0.5) is 4.79 Å². The molecule has 0 aliphatic carbocycles. The Hall–Kier alpha value is -1.25. The molecule has 12 heavy (non-hydrogen) atoms. The number of carbonyl (C=O) groups is 1. The first-order chi connectivity index (χ1) is 5.56. The van der Waals surface area contributed by atoms with E-state index in [4.69, 9.17) is 5.73 Å². The van der Waals surface area contributed by atoms with E-state index < -0.39 is 6.03 Å². The molecule has 68 valence electrons. The van der Waals surface area contributed by atoms with E-state index in [1.807, 2.05) is 19.1 Å². The fraction of sp³-hybridized carbons (Fsp3) is 0.444. The third-order valence-electron chi connectivity index (χ3n) is 1.24. The molecule has 3 heteroatoms. The Morgan fingerprint density at radius 2 is 2.08 bits per heavy atom. The first-order valence-corrected chi connectivity index (χ1v) is 3.97. The largest absolute Gasteiger partial charge is 0.351 e. The van der Waals surface area contributed by atoms with E-state index in [0.29, 0.717) is 5.92 Å². The lowest BCUT2D eigenvalue weighted by atomic mass is 10.2. The third-order valence-corrected chi connectivity index (χ3v) is 1.24. The first-order valence-electron chi connectivity index (χ1n) is 3.97. The van der Waals surface area contributed by atoms with Crippen LogP contribution in [0.1, 0.15) is 20.8 Å². The van der Waals surface area contributed by atoms with Gasteiger partial charge in [0.25, 0.3) is 0 Å². The molecule has 0 aromatic carbocycles. The Morgan fingerprint density at radius 1 is 1.50 bits per heavy atom. The second kappa shape index (κ2) is 5.41. The molecule has 2 amide bonds. The molecule has 0 saturated carbocycles. The number of urea groups is 1. The molecule has 0 saturated heterocycles. The van der Waals surface area contributed by atoms with E-state index in [1.165, 1.54) is 0 Å². The number of hydrogen-bond donors (Lipinski definition) is 2. The van der Waals surface area contributed by atoms with Gasteiger partial charge in [-0.1, -0.05) is 26.0 Å². The topological polar surface area (TPSA) is 55.1 Å². The van der Waals surface area contributed by atoms with Crippen molar-refractivity contribution in [3.8, 4) is 0 Å². The van der Waals surface area contributed by atoms with Crippen molar-refractivity contribution in [2.45, 2.75) is 20.8 Å². The predicted octanol–water partition coefficient (Wildman–Crippen LogP) is 1.77. The van der Waals surface area contributed by atoms with E-state index in [9.17, 15) is 4.79 Å². The summed E-state index contributed by atoms with van der Waals surface area (Å²) < 4.78 is 0. The number of rotatable bonds is 3. The molecular weight excluding hydrogens is 152 g/mol. The van der Waals surface area contributed by atoms with Gasteiger partial charge in [-0.05, 0) is 18.9 Å². The van der Waals surface area contributed by atoms with E-state index in [-0.39, 0.29) is 0 Å². The molecule has 0 heterocycles. The number of carbonyl (C=O) groups excluding carboxylic acids is 1. The minimum Gasteiger partial charge on any atom is -0.351 e. The maximum atomic E-state index is 10.4. The van der Waals surface area contributed by atoms with Crippen molar-refractivity contribution >= 4 is 6.03 Å². The Kier molecular flexibility index (Phi) is 4.84. The van der Waals surface area contributed by atoms with Crippen LogP contribution in [0.15, 0.2) is 23.9 Å². The van der Waals surface area contributed by atoms with Gasteiger partial charge in [-0.15, -0.1) is 0 Å². The van der Waals surface area contributed by atoms with E-state index in [0.717, 1.165) is 5.70 Å². The Labute approximate surface area is 73.3 Å². The molecule has 0 aliphatic rings. The van der Waals surface area contributed by atoms with Crippen molar-refractivity contribution in [1.82, 2.24) is 5.32 Å². The fourth-order valence-electron chi connectivity index (χ4n) is 0.648. The van der Waals surface area contributed by atoms with Crippen LogP contribution in [0.3, 0.4) is 0 Å². The van der Waals surface area contributed by atoms with Crippen LogP contribution in [0, 0.1) is 5.92 Å². The molecule has 0 radical (unpaired) electrons.